The Bertz CT molecular complexity index is 785. The summed E-state index contributed by atoms with van der Waals surface area (Å²) < 4.78 is 10.3. The normalized spacial score (nSPS) is 16.7. The van der Waals surface area contributed by atoms with Gasteiger partial charge in [-0.15, -0.1) is 0 Å². The van der Waals surface area contributed by atoms with Gasteiger partial charge in [-0.3, -0.25) is 9.89 Å². The Labute approximate surface area is 179 Å². The topological polar surface area (TPSA) is 69.4 Å². The van der Waals surface area contributed by atoms with E-state index in [1.165, 1.54) is 5.56 Å². The number of aromatic nitrogens is 1. The molecule has 2 heterocycles. The number of ether oxygens (including phenoxy) is 1. The molecule has 164 valence electrons. The molecule has 1 aliphatic rings. The largest absolute Gasteiger partial charge is 0.497 e. The summed E-state index contributed by atoms with van der Waals surface area (Å²) in [4.78, 5) is 11.9. The first-order valence-corrected chi connectivity index (χ1v) is 10.6. The fraction of sp³-hybridized carbons (Fsp3) is 0.545. The molecule has 1 N–H and O–H groups in total. The number of hydrogen-bond donors (Lipinski definition) is 1. The van der Waals surface area contributed by atoms with Crippen molar-refractivity contribution in [2.75, 3.05) is 60.5 Å². The van der Waals surface area contributed by atoms with E-state index >= 15 is 0 Å². The molecule has 0 saturated carbocycles. The quantitative estimate of drug-likeness (QED) is 0.524. The highest BCUT2D eigenvalue weighted by atomic mass is 16.5. The second kappa shape index (κ2) is 11.0. The van der Waals surface area contributed by atoms with E-state index in [4.69, 9.17) is 14.3 Å². The zero-order valence-corrected chi connectivity index (χ0v) is 18.5. The van der Waals surface area contributed by atoms with Gasteiger partial charge in [-0.05, 0) is 38.7 Å². The molecule has 1 unspecified atom stereocenters. The molecular formula is C22H34N6O2. The number of guanidine groups is 1. The van der Waals surface area contributed by atoms with Gasteiger partial charge in [0.25, 0.3) is 0 Å². The van der Waals surface area contributed by atoms with Crippen LogP contribution >= 0.6 is 0 Å². The Morgan fingerprint density at radius 3 is 2.70 bits per heavy atom. The molecule has 1 atom stereocenters. The van der Waals surface area contributed by atoms with Crippen LogP contribution in [0.3, 0.4) is 0 Å². The maximum absolute atomic E-state index is 5.40. The van der Waals surface area contributed by atoms with Gasteiger partial charge in [0.05, 0.1) is 25.4 Å². The van der Waals surface area contributed by atoms with Crippen molar-refractivity contribution < 1.29 is 9.26 Å². The van der Waals surface area contributed by atoms with E-state index in [9.17, 15) is 0 Å². The third-order valence-corrected chi connectivity index (χ3v) is 5.40. The van der Waals surface area contributed by atoms with E-state index in [0.717, 1.165) is 56.7 Å². The standard InChI is InChI=1S/C22H34N6O2/c1-5-23-22(28-12-10-27(11-13-28)17-19-9-14-30-25-19)24-16-21(26(2)3)18-7-6-8-20(15-18)29-4/h6-9,14-15,21H,5,10-13,16-17H2,1-4H3,(H,23,24). The van der Waals surface area contributed by atoms with E-state index in [1.54, 1.807) is 13.4 Å². The number of hydrogen-bond acceptors (Lipinski definition) is 6. The van der Waals surface area contributed by atoms with Crippen molar-refractivity contribution in [1.29, 1.82) is 0 Å². The van der Waals surface area contributed by atoms with Crippen molar-refractivity contribution in [2.24, 2.45) is 4.99 Å². The van der Waals surface area contributed by atoms with Crippen LogP contribution in [0.4, 0.5) is 0 Å². The highest BCUT2D eigenvalue weighted by Crippen LogP contribution is 2.23. The van der Waals surface area contributed by atoms with Gasteiger partial charge in [0.1, 0.15) is 12.0 Å². The van der Waals surface area contributed by atoms with Crippen LogP contribution in [0.2, 0.25) is 0 Å². The summed E-state index contributed by atoms with van der Waals surface area (Å²) in [7, 11) is 5.89. The molecule has 0 spiro atoms. The van der Waals surface area contributed by atoms with Gasteiger partial charge in [-0.25, -0.2) is 0 Å². The zero-order chi connectivity index (χ0) is 21.3. The molecule has 0 radical (unpaired) electrons. The van der Waals surface area contributed by atoms with Crippen LogP contribution in [0, 0.1) is 0 Å². The molecule has 0 amide bonds. The molecule has 1 saturated heterocycles. The highest BCUT2D eigenvalue weighted by molar-refractivity contribution is 5.80. The number of benzene rings is 1. The summed E-state index contributed by atoms with van der Waals surface area (Å²) in [5.41, 5.74) is 2.19. The minimum Gasteiger partial charge on any atom is -0.497 e. The summed E-state index contributed by atoms with van der Waals surface area (Å²) in [6, 6.07) is 10.4. The number of nitrogens with zero attached hydrogens (tertiary/aromatic N) is 5. The van der Waals surface area contributed by atoms with Crippen LogP contribution in [0.15, 0.2) is 46.1 Å². The molecule has 0 aliphatic carbocycles. The minimum absolute atomic E-state index is 0.183. The summed E-state index contributed by atoms with van der Waals surface area (Å²) in [5.74, 6) is 1.85. The van der Waals surface area contributed by atoms with Crippen molar-refractivity contribution >= 4 is 5.96 Å². The van der Waals surface area contributed by atoms with Gasteiger partial charge in [0.2, 0.25) is 0 Å². The van der Waals surface area contributed by atoms with Crippen LogP contribution in [-0.2, 0) is 6.54 Å². The predicted molar refractivity (Wildman–Crippen MR) is 119 cm³/mol. The number of likely N-dealkylation sites (N-methyl/N-ethyl adjacent to an activating group) is 1. The summed E-state index contributed by atoms with van der Waals surface area (Å²) in [6.45, 7) is 8.31. The second-order valence-electron chi connectivity index (χ2n) is 7.70. The molecule has 1 aliphatic heterocycles. The van der Waals surface area contributed by atoms with E-state index < -0.39 is 0 Å². The molecule has 1 fully saturated rings. The van der Waals surface area contributed by atoms with Crippen LogP contribution < -0.4 is 10.1 Å². The van der Waals surface area contributed by atoms with Crippen LogP contribution in [0.5, 0.6) is 5.75 Å². The first kappa shape index (κ1) is 22.1. The van der Waals surface area contributed by atoms with Gasteiger partial charge < -0.3 is 24.4 Å². The molecular weight excluding hydrogens is 380 g/mol. The molecule has 0 bridgehead atoms. The average Bonchev–Trinajstić information content (AvgIpc) is 3.27. The van der Waals surface area contributed by atoms with Crippen molar-refractivity contribution in [2.45, 2.75) is 19.5 Å². The third kappa shape index (κ3) is 5.96. The summed E-state index contributed by atoms with van der Waals surface area (Å²) >= 11 is 0. The first-order chi connectivity index (χ1) is 14.6. The average molecular weight is 415 g/mol. The Morgan fingerprint density at radius 1 is 1.27 bits per heavy atom. The maximum Gasteiger partial charge on any atom is 0.194 e. The fourth-order valence-corrected chi connectivity index (χ4v) is 3.68. The molecule has 1 aromatic heterocycles. The second-order valence-corrected chi connectivity index (χ2v) is 7.70. The van der Waals surface area contributed by atoms with E-state index in [-0.39, 0.29) is 6.04 Å². The van der Waals surface area contributed by atoms with Gasteiger partial charge in [0.15, 0.2) is 5.96 Å². The maximum atomic E-state index is 5.40. The zero-order valence-electron chi connectivity index (χ0n) is 18.5. The molecule has 3 rings (SSSR count). The number of rotatable bonds is 8. The third-order valence-electron chi connectivity index (χ3n) is 5.40. The van der Waals surface area contributed by atoms with Gasteiger partial charge in [-0.2, -0.15) is 0 Å². The predicted octanol–water partition coefficient (Wildman–Crippen LogP) is 2.07. The lowest BCUT2D eigenvalue weighted by Crippen LogP contribution is -2.52. The molecule has 2 aromatic rings. The fourth-order valence-electron chi connectivity index (χ4n) is 3.68. The van der Waals surface area contributed by atoms with Crippen LogP contribution in [0.25, 0.3) is 0 Å². The SMILES string of the molecule is CCNC(=NCC(c1cccc(OC)c1)N(C)C)N1CCN(Cc2ccon2)CC1. The smallest absolute Gasteiger partial charge is 0.194 e. The number of piperazine rings is 1. The minimum atomic E-state index is 0.183. The number of aliphatic imine (C=N–C) groups is 1. The van der Waals surface area contributed by atoms with Gasteiger partial charge in [0, 0.05) is 45.3 Å². The number of methoxy groups -OCH3 is 1. The van der Waals surface area contributed by atoms with Crippen molar-refractivity contribution in [3.8, 4) is 5.75 Å². The molecule has 30 heavy (non-hydrogen) atoms. The van der Waals surface area contributed by atoms with E-state index in [1.807, 2.05) is 18.2 Å². The van der Waals surface area contributed by atoms with E-state index in [0.29, 0.717) is 6.54 Å². The highest BCUT2D eigenvalue weighted by Gasteiger charge is 2.21. The lowest BCUT2D eigenvalue weighted by Gasteiger charge is -2.36. The Morgan fingerprint density at radius 2 is 2.07 bits per heavy atom. The summed E-state index contributed by atoms with van der Waals surface area (Å²) in [6.07, 6.45) is 1.63. The van der Waals surface area contributed by atoms with Crippen LogP contribution in [-0.4, -0.2) is 86.3 Å². The Kier molecular flexibility index (Phi) is 8.10. The molecule has 1 aromatic carbocycles. The van der Waals surface area contributed by atoms with Crippen molar-refractivity contribution in [1.82, 2.24) is 25.2 Å². The lowest BCUT2D eigenvalue weighted by atomic mass is 10.1. The van der Waals surface area contributed by atoms with E-state index in [2.05, 4.69) is 58.3 Å². The van der Waals surface area contributed by atoms with Crippen molar-refractivity contribution in [3.05, 3.63) is 47.9 Å². The Hall–Kier alpha value is -2.58. The molecule has 8 heteroatoms. The van der Waals surface area contributed by atoms with Gasteiger partial charge >= 0.3 is 0 Å². The molecule has 8 nitrogen and oxygen atoms in total. The first-order valence-electron chi connectivity index (χ1n) is 10.6. The lowest BCUT2D eigenvalue weighted by molar-refractivity contribution is 0.168. The Balaban J connectivity index is 1.64. The monoisotopic (exact) mass is 414 g/mol. The van der Waals surface area contributed by atoms with Crippen molar-refractivity contribution in [3.63, 3.8) is 0 Å². The number of nitrogens with one attached hydrogen (secondary N) is 1. The summed E-state index contributed by atoms with van der Waals surface area (Å²) in [5, 5.41) is 7.49. The van der Waals surface area contributed by atoms with Gasteiger partial charge in [-0.1, -0.05) is 17.3 Å². The van der Waals surface area contributed by atoms with Crippen LogP contribution in [0.1, 0.15) is 24.2 Å².